The first kappa shape index (κ1) is 19.4. The van der Waals surface area contributed by atoms with E-state index in [9.17, 15) is 5.11 Å². The molecule has 4 nitrogen and oxygen atoms in total. The van der Waals surface area contributed by atoms with Crippen LogP contribution in [0, 0.1) is 0 Å². The normalized spacial score (nSPS) is 28.3. The van der Waals surface area contributed by atoms with E-state index in [0.717, 1.165) is 11.1 Å². The van der Waals surface area contributed by atoms with Gasteiger partial charge in [-0.3, -0.25) is 0 Å². The third kappa shape index (κ3) is 4.67. The molecule has 140 valence electrons. The standard InChI is InChI=1S/C21H26O4S/c1-21(22)19(25-14-17-11-7-4-8-12-17)18(26-20(21)23-2)15-24-13-16-9-5-3-6-10-16/h3-12,18-20,22H,13-15H2,1-2H3/t18-,19-,20+,21-/m1/s1. The maximum Gasteiger partial charge on any atom is 0.134 e. The number of rotatable bonds is 8. The van der Waals surface area contributed by atoms with E-state index >= 15 is 0 Å². The van der Waals surface area contributed by atoms with Crippen LogP contribution < -0.4 is 0 Å². The average molecular weight is 375 g/mol. The molecule has 5 heteroatoms. The van der Waals surface area contributed by atoms with Crippen molar-refractivity contribution < 1.29 is 19.3 Å². The average Bonchev–Trinajstić information content (AvgIpc) is 2.91. The van der Waals surface area contributed by atoms with Crippen LogP contribution in [-0.4, -0.2) is 41.2 Å². The van der Waals surface area contributed by atoms with Crippen LogP contribution in [0.5, 0.6) is 0 Å². The van der Waals surface area contributed by atoms with Gasteiger partial charge in [0.15, 0.2) is 0 Å². The number of aliphatic hydroxyl groups is 1. The molecule has 0 unspecified atom stereocenters. The summed E-state index contributed by atoms with van der Waals surface area (Å²) in [7, 11) is 1.62. The minimum Gasteiger partial charge on any atom is -0.384 e. The molecule has 0 saturated carbocycles. The van der Waals surface area contributed by atoms with Gasteiger partial charge in [0.25, 0.3) is 0 Å². The van der Waals surface area contributed by atoms with Gasteiger partial charge in [0.2, 0.25) is 0 Å². The van der Waals surface area contributed by atoms with Crippen molar-refractivity contribution in [1.29, 1.82) is 0 Å². The second-order valence-electron chi connectivity index (χ2n) is 6.69. The van der Waals surface area contributed by atoms with E-state index in [4.69, 9.17) is 14.2 Å². The molecule has 0 spiro atoms. The van der Waals surface area contributed by atoms with Gasteiger partial charge in [-0.15, -0.1) is 11.8 Å². The molecule has 1 heterocycles. The van der Waals surface area contributed by atoms with Gasteiger partial charge < -0.3 is 19.3 Å². The van der Waals surface area contributed by atoms with E-state index in [-0.39, 0.29) is 16.8 Å². The summed E-state index contributed by atoms with van der Waals surface area (Å²) >= 11 is 1.57. The van der Waals surface area contributed by atoms with Crippen molar-refractivity contribution in [3.05, 3.63) is 71.8 Å². The lowest BCUT2D eigenvalue weighted by Gasteiger charge is -2.30. The molecule has 0 amide bonds. The number of ether oxygens (including phenoxy) is 3. The van der Waals surface area contributed by atoms with Crippen molar-refractivity contribution in [3.63, 3.8) is 0 Å². The maximum atomic E-state index is 11.0. The molecular formula is C21H26O4S. The molecule has 2 aromatic carbocycles. The zero-order chi connectivity index (χ0) is 18.4. The Morgan fingerprint density at radius 1 is 0.962 bits per heavy atom. The largest absolute Gasteiger partial charge is 0.384 e. The second-order valence-corrected chi connectivity index (χ2v) is 7.99. The Bertz CT molecular complexity index is 662. The molecule has 4 atom stereocenters. The minimum atomic E-state index is -1.07. The number of hydrogen-bond acceptors (Lipinski definition) is 5. The summed E-state index contributed by atoms with van der Waals surface area (Å²) in [6, 6.07) is 20.1. The summed E-state index contributed by atoms with van der Waals surface area (Å²) in [6.07, 6.45) is -0.367. The summed E-state index contributed by atoms with van der Waals surface area (Å²) in [5.74, 6) is 0. The monoisotopic (exact) mass is 374 g/mol. The van der Waals surface area contributed by atoms with E-state index in [1.807, 2.05) is 60.7 Å². The zero-order valence-electron chi connectivity index (χ0n) is 15.2. The Hall–Kier alpha value is -1.37. The third-order valence-corrected chi connectivity index (χ3v) is 6.22. The zero-order valence-corrected chi connectivity index (χ0v) is 16.0. The molecule has 1 N–H and O–H groups in total. The smallest absolute Gasteiger partial charge is 0.134 e. The Morgan fingerprint density at radius 2 is 1.54 bits per heavy atom. The minimum absolute atomic E-state index is 0.00220. The first-order chi connectivity index (χ1) is 12.6. The van der Waals surface area contributed by atoms with Gasteiger partial charge in [-0.05, 0) is 18.1 Å². The molecule has 3 rings (SSSR count). The molecule has 1 fully saturated rings. The quantitative estimate of drug-likeness (QED) is 0.765. The number of thioether (sulfide) groups is 1. The molecular weight excluding hydrogens is 348 g/mol. The highest BCUT2D eigenvalue weighted by Gasteiger charge is 2.53. The van der Waals surface area contributed by atoms with Crippen LogP contribution in [0.4, 0.5) is 0 Å². The molecule has 1 saturated heterocycles. The molecule has 2 aromatic rings. The van der Waals surface area contributed by atoms with Gasteiger partial charge in [0.05, 0.1) is 25.1 Å². The molecule has 0 aliphatic carbocycles. The van der Waals surface area contributed by atoms with Gasteiger partial charge in [-0.25, -0.2) is 0 Å². The maximum absolute atomic E-state index is 11.0. The lowest BCUT2D eigenvalue weighted by Crippen LogP contribution is -2.48. The summed E-state index contributed by atoms with van der Waals surface area (Å²) < 4.78 is 17.5. The number of methoxy groups -OCH3 is 1. The van der Waals surface area contributed by atoms with Crippen LogP contribution >= 0.6 is 11.8 Å². The third-order valence-electron chi connectivity index (χ3n) is 4.57. The van der Waals surface area contributed by atoms with Crippen LogP contribution in [0.2, 0.25) is 0 Å². The lowest BCUT2D eigenvalue weighted by molar-refractivity contribution is -0.136. The topological polar surface area (TPSA) is 47.9 Å². The summed E-state index contributed by atoms with van der Waals surface area (Å²) in [5.41, 5.74) is 0.800. The molecule has 1 aliphatic heterocycles. The predicted molar refractivity (Wildman–Crippen MR) is 104 cm³/mol. The Balaban J connectivity index is 1.61. The highest BCUT2D eigenvalue weighted by atomic mass is 32.2. The van der Waals surface area contributed by atoms with Gasteiger partial charge in [0.1, 0.15) is 17.1 Å². The van der Waals surface area contributed by atoms with Gasteiger partial charge >= 0.3 is 0 Å². The lowest BCUT2D eigenvalue weighted by atomic mass is 9.97. The molecule has 0 radical (unpaired) electrons. The van der Waals surface area contributed by atoms with Crippen LogP contribution in [-0.2, 0) is 27.4 Å². The van der Waals surface area contributed by atoms with Crippen LogP contribution in [0.15, 0.2) is 60.7 Å². The summed E-state index contributed by atoms with van der Waals surface area (Å²) in [5, 5.41) is 11.0. The number of hydrogen-bond donors (Lipinski definition) is 1. The second kappa shape index (κ2) is 9.02. The fraction of sp³-hybridized carbons (Fsp3) is 0.429. The fourth-order valence-electron chi connectivity index (χ4n) is 3.20. The van der Waals surface area contributed by atoms with Crippen LogP contribution in [0.1, 0.15) is 18.1 Å². The van der Waals surface area contributed by atoms with Crippen molar-refractivity contribution in [2.24, 2.45) is 0 Å². The van der Waals surface area contributed by atoms with E-state index in [1.54, 1.807) is 25.8 Å². The first-order valence-corrected chi connectivity index (χ1v) is 9.73. The highest BCUT2D eigenvalue weighted by Crippen LogP contribution is 2.44. The Kier molecular flexibility index (Phi) is 6.73. The molecule has 0 aromatic heterocycles. The number of benzene rings is 2. The van der Waals surface area contributed by atoms with Crippen molar-refractivity contribution in [2.45, 2.75) is 42.5 Å². The van der Waals surface area contributed by atoms with Gasteiger partial charge in [-0.1, -0.05) is 60.7 Å². The highest BCUT2D eigenvalue weighted by molar-refractivity contribution is 8.00. The van der Waals surface area contributed by atoms with E-state index in [0.29, 0.717) is 19.8 Å². The van der Waals surface area contributed by atoms with E-state index in [1.165, 1.54) is 0 Å². The van der Waals surface area contributed by atoms with Gasteiger partial charge in [0, 0.05) is 7.11 Å². The van der Waals surface area contributed by atoms with Crippen LogP contribution in [0.3, 0.4) is 0 Å². The van der Waals surface area contributed by atoms with E-state index < -0.39 is 5.60 Å². The van der Waals surface area contributed by atoms with Crippen molar-refractivity contribution in [3.8, 4) is 0 Å². The van der Waals surface area contributed by atoms with Gasteiger partial charge in [-0.2, -0.15) is 0 Å². The molecule has 0 bridgehead atoms. The van der Waals surface area contributed by atoms with E-state index in [2.05, 4.69) is 0 Å². The SMILES string of the molecule is CO[C@H]1S[C@H](COCc2ccccc2)[C@@H](OCc2ccccc2)[C@@]1(C)O. The fourth-order valence-corrected chi connectivity index (χ4v) is 4.71. The Morgan fingerprint density at radius 3 is 2.12 bits per heavy atom. The Labute approximate surface area is 159 Å². The first-order valence-electron chi connectivity index (χ1n) is 8.79. The van der Waals surface area contributed by atoms with Crippen molar-refractivity contribution >= 4 is 11.8 Å². The van der Waals surface area contributed by atoms with Crippen molar-refractivity contribution in [1.82, 2.24) is 0 Å². The predicted octanol–water partition coefficient (Wildman–Crippen LogP) is 3.63. The van der Waals surface area contributed by atoms with Crippen molar-refractivity contribution in [2.75, 3.05) is 13.7 Å². The van der Waals surface area contributed by atoms with Crippen LogP contribution in [0.25, 0.3) is 0 Å². The summed E-state index contributed by atoms with van der Waals surface area (Å²) in [6.45, 7) is 3.27. The molecule has 26 heavy (non-hydrogen) atoms. The molecule has 1 aliphatic rings. The summed E-state index contributed by atoms with van der Waals surface area (Å²) in [4.78, 5) is 0.